The van der Waals surface area contributed by atoms with E-state index in [1.807, 2.05) is 18.2 Å². The van der Waals surface area contributed by atoms with Gasteiger partial charge in [-0.05, 0) is 76.6 Å². The summed E-state index contributed by atoms with van der Waals surface area (Å²) in [6.45, 7) is 9.37. The van der Waals surface area contributed by atoms with E-state index in [-0.39, 0.29) is 17.5 Å². The van der Waals surface area contributed by atoms with Gasteiger partial charge in [0.1, 0.15) is 11.6 Å². The summed E-state index contributed by atoms with van der Waals surface area (Å²) in [7, 11) is 2.13. The number of nitrogens with zero attached hydrogens (tertiary/aromatic N) is 3. The molecule has 2 saturated heterocycles. The Labute approximate surface area is 184 Å². The number of rotatable bonds is 5. The van der Waals surface area contributed by atoms with Crippen molar-refractivity contribution in [1.82, 2.24) is 9.21 Å². The van der Waals surface area contributed by atoms with Crippen molar-refractivity contribution in [2.75, 3.05) is 24.4 Å². The molecule has 2 aromatic carbocycles. The maximum atomic E-state index is 13.9. The summed E-state index contributed by atoms with van der Waals surface area (Å²) in [5, 5.41) is 0. The Hall–Kier alpha value is -1.76. The van der Waals surface area contributed by atoms with E-state index in [1.54, 1.807) is 18.2 Å². The van der Waals surface area contributed by atoms with Crippen LogP contribution < -0.4 is 9.04 Å². The van der Waals surface area contributed by atoms with E-state index < -0.39 is 0 Å². The molecule has 30 heavy (non-hydrogen) atoms. The molecular formula is C24H32FN3OS. The van der Waals surface area contributed by atoms with Crippen LogP contribution in [0.5, 0.6) is 5.75 Å². The first-order chi connectivity index (χ1) is 14.3. The van der Waals surface area contributed by atoms with Gasteiger partial charge in [0.25, 0.3) is 0 Å². The highest BCUT2D eigenvalue weighted by atomic mass is 32.2. The molecule has 4 rings (SSSR count). The summed E-state index contributed by atoms with van der Waals surface area (Å²) in [6.07, 6.45) is 2.30. The number of ether oxygens (including phenoxy) is 1. The van der Waals surface area contributed by atoms with Gasteiger partial charge >= 0.3 is 0 Å². The van der Waals surface area contributed by atoms with E-state index in [0.717, 1.165) is 43.9 Å². The quantitative estimate of drug-likeness (QED) is 0.595. The minimum absolute atomic E-state index is 0.0335. The van der Waals surface area contributed by atoms with Crippen LogP contribution >= 0.6 is 12.1 Å². The van der Waals surface area contributed by atoms with E-state index in [4.69, 9.17) is 4.74 Å². The number of anilines is 1. The van der Waals surface area contributed by atoms with Crippen molar-refractivity contribution in [3.63, 3.8) is 0 Å². The number of hydrogen-bond donors (Lipinski definition) is 0. The summed E-state index contributed by atoms with van der Waals surface area (Å²) < 4.78 is 24.4. The zero-order valence-corrected chi connectivity index (χ0v) is 19.2. The van der Waals surface area contributed by atoms with Gasteiger partial charge < -0.3 is 4.74 Å². The molecule has 0 saturated carbocycles. The average molecular weight is 430 g/mol. The number of benzene rings is 2. The fourth-order valence-corrected chi connectivity index (χ4v) is 5.98. The summed E-state index contributed by atoms with van der Waals surface area (Å²) in [5.41, 5.74) is 2.28. The molecule has 0 N–H and O–H groups in total. The van der Waals surface area contributed by atoms with E-state index in [1.165, 1.54) is 11.6 Å². The molecule has 2 heterocycles. The summed E-state index contributed by atoms with van der Waals surface area (Å²) in [5.74, 6) is 0.765. The largest absolute Gasteiger partial charge is 0.491 e. The monoisotopic (exact) mass is 429 g/mol. The van der Waals surface area contributed by atoms with E-state index >= 15 is 0 Å². The lowest BCUT2D eigenvalue weighted by atomic mass is 9.82. The highest BCUT2D eigenvalue weighted by Crippen LogP contribution is 2.46. The molecule has 0 radical (unpaired) electrons. The van der Waals surface area contributed by atoms with Gasteiger partial charge in [-0.25, -0.2) is 8.70 Å². The van der Waals surface area contributed by atoms with Crippen LogP contribution in [0.15, 0.2) is 48.5 Å². The summed E-state index contributed by atoms with van der Waals surface area (Å²) in [6, 6.07) is 15.9. The predicted molar refractivity (Wildman–Crippen MR) is 123 cm³/mol. The van der Waals surface area contributed by atoms with Gasteiger partial charge in [0, 0.05) is 37.8 Å². The first-order valence-corrected chi connectivity index (χ1v) is 11.5. The normalized spacial score (nSPS) is 25.4. The second kappa shape index (κ2) is 8.77. The third kappa shape index (κ3) is 4.61. The average Bonchev–Trinajstić information content (AvgIpc) is 2.99. The Kier molecular flexibility index (Phi) is 6.28. The predicted octanol–water partition coefficient (Wildman–Crippen LogP) is 5.35. The van der Waals surface area contributed by atoms with Crippen LogP contribution in [0.1, 0.15) is 39.2 Å². The van der Waals surface area contributed by atoms with Gasteiger partial charge in [-0.3, -0.25) is 9.21 Å². The van der Waals surface area contributed by atoms with Crippen LogP contribution in [0.25, 0.3) is 0 Å². The van der Waals surface area contributed by atoms with Crippen molar-refractivity contribution in [3.05, 3.63) is 59.9 Å². The molecule has 0 bridgehead atoms. The standard InChI is InChI=1S/C24H32FN3OS/c1-18(2)29-23-10-5-7-20(13-23)16-27-12-11-24(15-19(27)3)17-26(4)30-28(24)22-9-6-8-21(25)14-22/h5-10,13-14,18-19H,11-12,15-17H2,1-4H3/t19-,24+/m0/s1. The van der Waals surface area contributed by atoms with Gasteiger partial charge in [0.15, 0.2) is 0 Å². The Bertz CT molecular complexity index is 879. The first kappa shape index (κ1) is 21.5. The zero-order valence-electron chi connectivity index (χ0n) is 18.3. The van der Waals surface area contributed by atoms with Crippen molar-refractivity contribution in [1.29, 1.82) is 0 Å². The second-order valence-electron chi connectivity index (χ2n) is 8.95. The fraction of sp³-hybridized carbons (Fsp3) is 0.500. The summed E-state index contributed by atoms with van der Waals surface area (Å²) in [4.78, 5) is 2.56. The SMILES string of the molecule is CC(C)Oc1cccc(CN2CC[C@@]3(C[C@@H]2C)CN(C)SN3c2cccc(F)c2)c1. The van der Waals surface area contributed by atoms with Crippen LogP contribution in [0.4, 0.5) is 10.1 Å². The molecule has 6 heteroatoms. The molecule has 0 aliphatic carbocycles. The molecule has 4 nitrogen and oxygen atoms in total. The lowest BCUT2D eigenvalue weighted by Gasteiger charge is -2.47. The molecule has 0 amide bonds. The Morgan fingerprint density at radius 1 is 1.20 bits per heavy atom. The number of hydrogen-bond acceptors (Lipinski definition) is 5. The van der Waals surface area contributed by atoms with Crippen molar-refractivity contribution >= 4 is 17.8 Å². The molecule has 0 aromatic heterocycles. The van der Waals surface area contributed by atoms with Crippen molar-refractivity contribution < 1.29 is 9.13 Å². The van der Waals surface area contributed by atoms with Gasteiger partial charge in [-0.1, -0.05) is 18.2 Å². The first-order valence-electron chi connectivity index (χ1n) is 10.8. The van der Waals surface area contributed by atoms with Crippen LogP contribution in [0.3, 0.4) is 0 Å². The second-order valence-corrected chi connectivity index (χ2v) is 10.1. The molecule has 1 spiro atoms. The fourth-order valence-electron chi connectivity index (χ4n) is 4.80. The van der Waals surface area contributed by atoms with Crippen LogP contribution in [-0.4, -0.2) is 47.0 Å². The maximum Gasteiger partial charge on any atom is 0.125 e. The molecule has 2 atom stereocenters. The highest BCUT2D eigenvalue weighted by molar-refractivity contribution is 7.98. The Morgan fingerprint density at radius 2 is 2.00 bits per heavy atom. The molecule has 2 aliphatic rings. The highest BCUT2D eigenvalue weighted by Gasteiger charge is 2.48. The minimum atomic E-state index is -0.174. The molecule has 2 aromatic rings. The Morgan fingerprint density at radius 3 is 2.73 bits per heavy atom. The molecule has 2 aliphatic heterocycles. The number of likely N-dealkylation sites (N-methyl/N-ethyl adjacent to an activating group) is 1. The third-order valence-corrected chi connectivity index (χ3v) is 7.20. The van der Waals surface area contributed by atoms with Gasteiger partial charge in [-0.15, -0.1) is 0 Å². The molecule has 2 fully saturated rings. The van der Waals surface area contributed by atoms with E-state index in [2.05, 4.69) is 59.5 Å². The van der Waals surface area contributed by atoms with E-state index in [0.29, 0.717) is 6.04 Å². The maximum absolute atomic E-state index is 13.9. The molecule has 162 valence electrons. The van der Waals surface area contributed by atoms with Gasteiger partial charge in [0.2, 0.25) is 0 Å². The zero-order chi connectivity index (χ0) is 21.3. The molecule has 0 unspecified atom stereocenters. The van der Waals surface area contributed by atoms with Crippen LogP contribution in [0.2, 0.25) is 0 Å². The van der Waals surface area contributed by atoms with Crippen LogP contribution in [-0.2, 0) is 6.54 Å². The van der Waals surface area contributed by atoms with Crippen molar-refractivity contribution in [3.8, 4) is 5.75 Å². The smallest absolute Gasteiger partial charge is 0.125 e. The molecular weight excluding hydrogens is 397 g/mol. The topological polar surface area (TPSA) is 19.0 Å². The van der Waals surface area contributed by atoms with E-state index in [9.17, 15) is 4.39 Å². The lowest BCUT2D eigenvalue weighted by molar-refractivity contribution is 0.100. The van der Waals surface area contributed by atoms with Crippen molar-refractivity contribution in [2.24, 2.45) is 0 Å². The number of likely N-dealkylation sites (tertiary alicyclic amines) is 1. The summed E-state index contributed by atoms with van der Waals surface area (Å²) >= 11 is 1.71. The number of halogens is 1. The lowest BCUT2D eigenvalue weighted by Crippen LogP contribution is -2.56. The minimum Gasteiger partial charge on any atom is -0.491 e. The van der Waals surface area contributed by atoms with Crippen molar-refractivity contribution in [2.45, 2.75) is 57.8 Å². The van der Waals surface area contributed by atoms with Gasteiger partial charge in [-0.2, -0.15) is 0 Å². The number of piperidine rings is 1. The van der Waals surface area contributed by atoms with Crippen LogP contribution in [0, 0.1) is 5.82 Å². The van der Waals surface area contributed by atoms with Gasteiger partial charge in [0.05, 0.1) is 17.3 Å². The Balaban J connectivity index is 1.48. The third-order valence-electron chi connectivity index (χ3n) is 6.03.